The lowest BCUT2D eigenvalue weighted by Gasteiger charge is -2.41. The van der Waals surface area contributed by atoms with Crippen LogP contribution in [0.5, 0.6) is 0 Å². The molecule has 1 rings (SSSR count). The van der Waals surface area contributed by atoms with Crippen LogP contribution in [0.1, 0.15) is 226 Å². The maximum absolute atomic E-state index is 13.2. The highest BCUT2D eigenvalue weighted by molar-refractivity contribution is 7.80. The van der Waals surface area contributed by atoms with Gasteiger partial charge in [0.1, 0.15) is 30.5 Å². The SMILES string of the molecule is CCCCCCCCCCC/C=C\CCCCCCC(O)C(=O)NC(COC1OC(CO)C(O)C(OS(=O)(=O)O)C1O)C(O)CCCCCCCCCCCCCCCCCC. The Bertz CT molecular complexity index is 1180. The molecule has 1 saturated heterocycles. The zero-order valence-corrected chi connectivity index (χ0v) is 39.9. The van der Waals surface area contributed by atoms with Gasteiger partial charge in [-0.2, -0.15) is 8.42 Å². The first-order valence-electron chi connectivity index (χ1n) is 25.2. The summed E-state index contributed by atoms with van der Waals surface area (Å²) >= 11 is 0. The molecule has 8 unspecified atom stereocenters. The Morgan fingerprint density at radius 3 is 1.45 bits per heavy atom. The molecule has 1 fully saturated rings. The smallest absolute Gasteiger partial charge is 0.394 e. The molecule has 0 bridgehead atoms. The number of aliphatic hydroxyl groups is 5. The van der Waals surface area contributed by atoms with Crippen LogP contribution in [-0.2, 0) is 28.9 Å². The number of allylic oxidation sites excluding steroid dienone is 2. The Balaban J connectivity index is 2.52. The van der Waals surface area contributed by atoms with E-state index >= 15 is 0 Å². The van der Waals surface area contributed by atoms with Crippen molar-refractivity contribution in [3.05, 3.63) is 12.2 Å². The molecule has 62 heavy (non-hydrogen) atoms. The summed E-state index contributed by atoms with van der Waals surface area (Å²) in [6.07, 6.45) is 31.0. The number of ether oxygens (including phenoxy) is 2. The van der Waals surface area contributed by atoms with Gasteiger partial charge in [0.05, 0.1) is 25.4 Å². The number of hydrogen-bond donors (Lipinski definition) is 7. The Morgan fingerprint density at radius 1 is 0.629 bits per heavy atom. The highest BCUT2D eigenvalue weighted by atomic mass is 32.3. The Labute approximate surface area is 377 Å². The third-order valence-corrected chi connectivity index (χ3v) is 12.6. The van der Waals surface area contributed by atoms with E-state index < -0.39 is 78.5 Å². The van der Waals surface area contributed by atoms with Crippen LogP contribution in [0, 0.1) is 0 Å². The van der Waals surface area contributed by atoms with Crippen molar-refractivity contribution in [2.45, 2.75) is 275 Å². The van der Waals surface area contributed by atoms with Gasteiger partial charge in [0, 0.05) is 0 Å². The Kier molecular flexibility index (Phi) is 37.0. The number of carbonyl (C=O) groups is 1. The number of amides is 1. The van der Waals surface area contributed by atoms with Crippen molar-refractivity contribution in [2.75, 3.05) is 13.2 Å². The van der Waals surface area contributed by atoms with E-state index in [2.05, 4.69) is 35.5 Å². The predicted molar refractivity (Wildman–Crippen MR) is 247 cm³/mol. The van der Waals surface area contributed by atoms with Crippen LogP contribution >= 0.6 is 0 Å². The lowest BCUT2D eigenvalue weighted by Crippen LogP contribution is -2.61. The van der Waals surface area contributed by atoms with E-state index in [0.29, 0.717) is 19.3 Å². The van der Waals surface area contributed by atoms with Gasteiger partial charge < -0.3 is 40.3 Å². The maximum Gasteiger partial charge on any atom is 0.397 e. The van der Waals surface area contributed by atoms with Gasteiger partial charge in [-0.3, -0.25) is 9.35 Å². The summed E-state index contributed by atoms with van der Waals surface area (Å²) in [5.41, 5.74) is 0. The van der Waals surface area contributed by atoms with Crippen molar-refractivity contribution in [1.82, 2.24) is 5.32 Å². The van der Waals surface area contributed by atoms with Crippen molar-refractivity contribution < 1.29 is 57.0 Å². The van der Waals surface area contributed by atoms with Gasteiger partial charge in [0.2, 0.25) is 5.91 Å². The first-order chi connectivity index (χ1) is 29.9. The summed E-state index contributed by atoms with van der Waals surface area (Å²) in [7, 11) is -5.11. The second kappa shape index (κ2) is 39.0. The number of unbranched alkanes of at least 4 members (excludes halogenated alkanes) is 28. The number of carbonyl (C=O) groups excluding carboxylic acids is 1. The fourth-order valence-electron chi connectivity index (χ4n) is 8.17. The molecule has 0 aliphatic carbocycles. The first-order valence-corrected chi connectivity index (χ1v) is 26.5. The number of nitrogens with one attached hydrogen (secondary N) is 1. The standard InChI is InChI=1S/C48H93NO12S/c1-3-5-7-9-11-13-15-17-19-21-23-25-27-29-31-33-35-37-42(52)47(55)49-40(39-59-48-45(54)46(61-62(56,57)58)44(53)43(38-50)60-48)41(51)36-34-32-30-28-26-24-22-20-18-16-14-12-10-8-6-4-2/h23,25,40-46,48,50-54H,3-22,24,26-39H2,1-2H3,(H,49,55)(H,56,57,58)/b25-23-. The topological polar surface area (TPSA) is 212 Å². The summed E-state index contributed by atoms with van der Waals surface area (Å²) in [4.78, 5) is 13.2. The molecule has 13 nitrogen and oxygen atoms in total. The third-order valence-electron chi connectivity index (χ3n) is 12.2. The second-order valence-electron chi connectivity index (χ2n) is 17.9. The van der Waals surface area contributed by atoms with Crippen LogP contribution in [0.2, 0.25) is 0 Å². The van der Waals surface area contributed by atoms with Gasteiger partial charge in [-0.15, -0.1) is 0 Å². The van der Waals surface area contributed by atoms with Crippen molar-refractivity contribution in [3.63, 3.8) is 0 Å². The average molecular weight is 908 g/mol. The summed E-state index contributed by atoms with van der Waals surface area (Å²) < 4.78 is 47.6. The molecule has 0 radical (unpaired) electrons. The molecule has 7 N–H and O–H groups in total. The minimum Gasteiger partial charge on any atom is -0.394 e. The summed E-state index contributed by atoms with van der Waals surface area (Å²) in [5, 5.41) is 55.5. The van der Waals surface area contributed by atoms with E-state index in [4.69, 9.17) is 9.47 Å². The molecule has 0 saturated carbocycles. The largest absolute Gasteiger partial charge is 0.397 e. The van der Waals surface area contributed by atoms with Crippen molar-refractivity contribution >= 4 is 16.3 Å². The minimum atomic E-state index is -5.11. The van der Waals surface area contributed by atoms with Crippen LogP contribution in [0.25, 0.3) is 0 Å². The molecule has 14 heteroatoms. The average Bonchev–Trinajstić information content (AvgIpc) is 3.24. The third kappa shape index (κ3) is 30.8. The predicted octanol–water partition coefficient (Wildman–Crippen LogP) is 9.31. The van der Waals surface area contributed by atoms with Gasteiger partial charge in [-0.1, -0.05) is 199 Å². The molecule has 0 aromatic rings. The van der Waals surface area contributed by atoms with E-state index in [-0.39, 0.29) is 6.42 Å². The molecule has 0 spiro atoms. The lowest BCUT2D eigenvalue weighted by molar-refractivity contribution is -0.298. The summed E-state index contributed by atoms with van der Waals surface area (Å²) in [6, 6.07) is -1.04. The van der Waals surface area contributed by atoms with Crippen molar-refractivity contribution in [1.29, 1.82) is 0 Å². The van der Waals surface area contributed by atoms with E-state index in [9.17, 15) is 43.3 Å². The van der Waals surface area contributed by atoms with Gasteiger partial charge >= 0.3 is 10.4 Å². The van der Waals surface area contributed by atoms with Gasteiger partial charge in [0.25, 0.3) is 0 Å². The summed E-state index contributed by atoms with van der Waals surface area (Å²) in [6.45, 7) is 3.29. The highest BCUT2D eigenvalue weighted by Gasteiger charge is 2.48. The molecule has 1 heterocycles. The van der Waals surface area contributed by atoms with Gasteiger partial charge in [0.15, 0.2) is 6.29 Å². The van der Waals surface area contributed by atoms with E-state index in [1.165, 1.54) is 135 Å². The Morgan fingerprint density at radius 2 is 1.03 bits per heavy atom. The first kappa shape index (κ1) is 58.8. The number of aliphatic hydroxyl groups excluding tert-OH is 5. The highest BCUT2D eigenvalue weighted by Crippen LogP contribution is 2.26. The van der Waals surface area contributed by atoms with Crippen LogP contribution in [0.3, 0.4) is 0 Å². The number of hydrogen-bond acceptors (Lipinski definition) is 11. The zero-order valence-electron chi connectivity index (χ0n) is 39.1. The molecule has 8 atom stereocenters. The van der Waals surface area contributed by atoms with Gasteiger partial charge in [-0.05, 0) is 38.5 Å². The van der Waals surface area contributed by atoms with Crippen LogP contribution in [-0.4, -0.2) is 107 Å². The normalized spacial score (nSPS) is 21.1. The molecule has 1 aliphatic heterocycles. The van der Waals surface area contributed by atoms with E-state index in [0.717, 1.165) is 51.4 Å². The molecule has 0 aromatic heterocycles. The van der Waals surface area contributed by atoms with Crippen LogP contribution in [0.4, 0.5) is 0 Å². The minimum absolute atomic E-state index is 0.248. The van der Waals surface area contributed by atoms with Crippen molar-refractivity contribution in [3.8, 4) is 0 Å². The fourth-order valence-corrected chi connectivity index (χ4v) is 8.68. The van der Waals surface area contributed by atoms with E-state index in [1.807, 2.05) is 0 Å². The molecular formula is C48H93NO12S. The summed E-state index contributed by atoms with van der Waals surface area (Å²) in [5.74, 6) is -0.676. The lowest BCUT2D eigenvalue weighted by atomic mass is 9.99. The van der Waals surface area contributed by atoms with Gasteiger partial charge in [-0.25, -0.2) is 4.18 Å². The maximum atomic E-state index is 13.2. The molecule has 1 amide bonds. The van der Waals surface area contributed by atoms with Crippen LogP contribution < -0.4 is 5.32 Å². The molecule has 1 aliphatic rings. The number of rotatable bonds is 43. The fraction of sp³-hybridized carbons (Fsp3) is 0.938. The van der Waals surface area contributed by atoms with Crippen LogP contribution in [0.15, 0.2) is 12.2 Å². The molecule has 0 aromatic carbocycles. The molecule has 368 valence electrons. The quantitative estimate of drug-likeness (QED) is 0.0173. The van der Waals surface area contributed by atoms with Crippen molar-refractivity contribution in [2.24, 2.45) is 0 Å². The second-order valence-corrected chi connectivity index (χ2v) is 18.9. The van der Waals surface area contributed by atoms with E-state index in [1.54, 1.807) is 0 Å². The Hall–Kier alpha value is -1.20. The zero-order chi connectivity index (χ0) is 45.7. The monoisotopic (exact) mass is 908 g/mol. The molecular weight excluding hydrogens is 815 g/mol.